The maximum absolute atomic E-state index is 12.6. The van der Waals surface area contributed by atoms with Crippen LogP contribution in [0.2, 0.25) is 0 Å². The van der Waals surface area contributed by atoms with E-state index in [-0.39, 0.29) is 12.3 Å². The van der Waals surface area contributed by atoms with Crippen LogP contribution in [-0.2, 0) is 21.0 Å². The van der Waals surface area contributed by atoms with Crippen LogP contribution in [-0.4, -0.2) is 25.5 Å². The first-order valence-corrected chi connectivity index (χ1v) is 7.84. The van der Waals surface area contributed by atoms with Crippen molar-refractivity contribution in [1.29, 1.82) is 0 Å². The van der Waals surface area contributed by atoms with Crippen LogP contribution in [0.3, 0.4) is 0 Å². The fraction of sp³-hybridized carbons (Fsp3) is 0.462. The van der Waals surface area contributed by atoms with E-state index in [0.29, 0.717) is 6.07 Å². The summed E-state index contributed by atoms with van der Waals surface area (Å²) in [7, 11) is -4.36. The summed E-state index contributed by atoms with van der Waals surface area (Å²) < 4.78 is 63.9. The maximum atomic E-state index is 12.6. The van der Waals surface area contributed by atoms with E-state index < -0.39 is 38.7 Å². The predicted octanol–water partition coefficient (Wildman–Crippen LogP) is 2.48. The minimum Gasteiger partial charge on any atom is -0.480 e. The molecule has 0 spiro atoms. The van der Waals surface area contributed by atoms with E-state index in [4.69, 9.17) is 5.11 Å². The van der Waals surface area contributed by atoms with E-state index in [1.807, 2.05) is 4.72 Å². The van der Waals surface area contributed by atoms with Crippen molar-refractivity contribution >= 4 is 16.0 Å². The first-order valence-electron chi connectivity index (χ1n) is 6.36. The fourth-order valence-electron chi connectivity index (χ4n) is 1.77. The Morgan fingerprint density at radius 1 is 1.32 bits per heavy atom. The van der Waals surface area contributed by atoms with Crippen molar-refractivity contribution in [2.45, 2.75) is 37.4 Å². The summed E-state index contributed by atoms with van der Waals surface area (Å²) in [5.41, 5.74) is -1.12. The molecular weight excluding hydrogens is 323 g/mol. The minimum absolute atomic E-state index is 0.0214. The molecule has 0 aromatic heterocycles. The number of benzene rings is 1. The minimum atomic E-state index is -4.68. The van der Waals surface area contributed by atoms with Gasteiger partial charge in [0.2, 0.25) is 10.0 Å². The van der Waals surface area contributed by atoms with Crippen LogP contribution in [0, 0.1) is 5.92 Å². The van der Waals surface area contributed by atoms with Gasteiger partial charge in [0, 0.05) is 0 Å². The zero-order valence-electron chi connectivity index (χ0n) is 11.9. The third kappa shape index (κ3) is 4.99. The van der Waals surface area contributed by atoms with E-state index in [0.717, 1.165) is 18.2 Å². The van der Waals surface area contributed by atoms with Crippen molar-refractivity contribution in [1.82, 2.24) is 4.72 Å². The van der Waals surface area contributed by atoms with Gasteiger partial charge < -0.3 is 5.11 Å². The molecule has 2 N–H and O–H groups in total. The number of nitrogens with one attached hydrogen (secondary N) is 1. The Hall–Kier alpha value is -1.61. The van der Waals surface area contributed by atoms with Crippen LogP contribution in [0.1, 0.15) is 25.8 Å². The zero-order chi connectivity index (χ0) is 17.1. The normalized spacial score (nSPS) is 14.1. The zero-order valence-corrected chi connectivity index (χ0v) is 12.7. The van der Waals surface area contributed by atoms with Gasteiger partial charge in [-0.1, -0.05) is 19.9 Å². The molecule has 1 aromatic carbocycles. The Labute approximate surface area is 126 Å². The monoisotopic (exact) mass is 339 g/mol. The van der Waals surface area contributed by atoms with Crippen LogP contribution in [0.15, 0.2) is 29.2 Å². The van der Waals surface area contributed by atoms with Crippen molar-refractivity contribution in [2.24, 2.45) is 5.92 Å². The molecule has 9 heteroatoms. The summed E-state index contributed by atoms with van der Waals surface area (Å²) >= 11 is 0. The molecule has 0 fully saturated rings. The van der Waals surface area contributed by atoms with Gasteiger partial charge in [0.1, 0.15) is 6.04 Å². The lowest BCUT2D eigenvalue weighted by molar-refractivity contribution is -0.139. The van der Waals surface area contributed by atoms with Gasteiger partial charge in [0.15, 0.2) is 0 Å². The predicted molar refractivity (Wildman–Crippen MR) is 72.6 cm³/mol. The van der Waals surface area contributed by atoms with Crippen molar-refractivity contribution in [3.05, 3.63) is 29.8 Å². The highest BCUT2D eigenvalue weighted by atomic mass is 32.2. The molecular formula is C13H16F3NO4S. The number of carbonyl (C=O) groups is 1. The van der Waals surface area contributed by atoms with Crippen LogP contribution >= 0.6 is 0 Å². The summed E-state index contributed by atoms with van der Waals surface area (Å²) in [6, 6.07) is 1.74. The van der Waals surface area contributed by atoms with E-state index >= 15 is 0 Å². The Bertz CT molecular complexity index is 641. The molecule has 0 heterocycles. The van der Waals surface area contributed by atoms with Crippen molar-refractivity contribution in [3.63, 3.8) is 0 Å². The molecule has 0 amide bonds. The van der Waals surface area contributed by atoms with E-state index in [9.17, 15) is 26.4 Å². The van der Waals surface area contributed by atoms with Gasteiger partial charge in [-0.15, -0.1) is 0 Å². The Balaban J connectivity index is 3.11. The van der Waals surface area contributed by atoms with Gasteiger partial charge in [-0.05, 0) is 30.5 Å². The lowest BCUT2D eigenvalue weighted by Gasteiger charge is -2.17. The Morgan fingerprint density at radius 3 is 2.36 bits per heavy atom. The number of sulfonamides is 1. The SMILES string of the molecule is CC(C)C[C@@H](NS(=O)(=O)c1cccc(C(F)(F)F)c1)C(=O)O. The molecule has 22 heavy (non-hydrogen) atoms. The van der Waals surface area contributed by atoms with Crippen molar-refractivity contribution in [3.8, 4) is 0 Å². The summed E-state index contributed by atoms with van der Waals surface area (Å²) in [5, 5.41) is 9.01. The number of hydrogen-bond acceptors (Lipinski definition) is 3. The summed E-state index contributed by atoms with van der Waals surface area (Å²) in [6.07, 6.45) is -4.66. The number of carboxylic acid groups (broad SMARTS) is 1. The van der Waals surface area contributed by atoms with Gasteiger partial charge in [0.05, 0.1) is 10.5 Å². The van der Waals surface area contributed by atoms with Crippen LogP contribution in [0.4, 0.5) is 13.2 Å². The smallest absolute Gasteiger partial charge is 0.416 e. The second-order valence-corrected chi connectivity index (χ2v) is 6.88. The molecule has 0 aliphatic heterocycles. The van der Waals surface area contributed by atoms with E-state index in [1.54, 1.807) is 13.8 Å². The molecule has 1 aromatic rings. The molecule has 5 nitrogen and oxygen atoms in total. The molecule has 0 radical (unpaired) electrons. The summed E-state index contributed by atoms with van der Waals surface area (Å²) in [4.78, 5) is 10.4. The molecule has 0 aliphatic rings. The van der Waals surface area contributed by atoms with Crippen LogP contribution < -0.4 is 4.72 Å². The highest BCUT2D eigenvalue weighted by Gasteiger charge is 2.32. The van der Waals surface area contributed by atoms with Crippen molar-refractivity contribution < 1.29 is 31.5 Å². The third-order valence-corrected chi connectivity index (χ3v) is 4.24. The Morgan fingerprint density at radius 2 is 1.91 bits per heavy atom. The molecule has 124 valence electrons. The average molecular weight is 339 g/mol. The van der Waals surface area contributed by atoms with Gasteiger partial charge in [0.25, 0.3) is 0 Å². The van der Waals surface area contributed by atoms with Crippen molar-refractivity contribution in [2.75, 3.05) is 0 Å². The van der Waals surface area contributed by atoms with E-state index in [1.165, 1.54) is 0 Å². The van der Waals surface area contributed by atoms with Crippen LogP contribution in [0.5, 0.6) is 0 Å². The number of halogens is 3. The summed E-state index contributed by atoms with van der Waals surface area (Å²) in [5.74, 6) is -1.49. The molecule has 0 bridgehead atoms. The molecule has 0 aliphatic carbocycles. The van der Waals surface area contributed by atoms with Gasteiger partial charge in [-0.3, -0.25) is 4.79 Å². The molecule has 0 unspecified atom stereocenters. The quantitative estimate of drug-likeness (QED) is 0.834. The van der Waals surface area contributed by atoms with Gasteiger partial charge in [-0.2, -0.15) is 17.9 Å². The first kappa shape index (κ1) is 18.4. The second kappa shape index (κ2) is 6.66. The second-order valence-electron chi connectivity index (χ2n) is 5.17. The highest BCUT2D eigenvalue weighted by Crippen LogP contribution is 2.30. The highest BCUT2D eigenvalue weighted by molar-refractivity contribution is 7.89. The molecule has 1 atom stereocenters. The number of hydrogen-bond donors (Lipinski definition) is 2. The van der Waals surface area contributed by atoms with Crippen LogP contribution in [0.25, 0.3) is 0 Å². The van der Waals surface area contributed by atoms with Gasteiger partial charge >= 0.3 is 12.1 Å². The number of rotatable bonds is 6. The molecule has 1 rings (SSSR count). The largest absolute Gasteiger partial charge is 0.480 e. The fourth-order valence-corrected chi connectivity index (χ4v) is 3.01. The number of aliphatic carboxylic acids is 1. The molecule has 0 saturated heterocycles. The number of alkyl halides is 3. The number of carboxylic acids is 1. The first-order chi connectivity index (χ1) is 9.93. The van der Waals surface area contributed by atoms with E-state index in [2.05, 4.69) is 0 Å². The maximum Gasteiger partial charge on any atom is 0.416 e. The standard InChI is InChI=1S/C13H16F3NO4S/c1-8(2)6-11(12(18)19)17-22(20,21)10-5-3-4-9(7-10)13(14,15)16/h3-5,7-8,11,17H,6H2,1-2H3,(H,18,19)/t11-/m1/s1. The van der Waals surface area contributed by atoms with Gasteiger partial charge in [-0.25, -0.2) is 8.42 Å². The summed E-state index contributed by atoms with van der Waals surface area (Å²) in [6.45, 7) is 3.41. The lowest BCUT2D eigenvalue weighted by atomic mass is 10.1. The third-order valence-electron chi connectivity index (χ3n) is 2.77. The molecule has 0 saturated carbocycles. The topological polar surface area (TPSA) is 83.5 Å². The average Bonchev–Trinajstić information content (AvgIpc) is 2.36. The lowest BCUT2D eigenvalue weighted by Crippen LogP contribution is -2.41. The Kier molecular flexibility index (Phi) is 5.58.